The van der Waals surface area contributed by atoms with Gasteiger partial charge in [-0.05, 0) is 31.2 Å². The molecule has 3 heterocycles. The topological polar surface area (TPSA) is 56.7 Å². The Bertz CT molecular complexity index is 968. The summed E-state index contributed by atoms with van der Waals surface area (Å²) in [5, 5.41) is 0. The van der Waals surface area contributed by atoms with Gasteiger partial charge >= 0.3 is 0 Å². The Labute approximate surface area is 127 Å². The fourth-order valence-electron chi connectivity index (χ4n) is 2.55. The second-order valence-corrected chi connectivity index (χ2v) is 5.17. The van der Waals surface area contributed by atoms with Gasteiger partial charge in [-0.15, -0.1) is 0 Å². The van der Waals surface area contributed by atoms with Crippen molar-refractivity contribution in [1.29, 1.82) is 0 Å². The van der Waals surface area contributed by atoms with Gasteiger partial charge in [0, 0.05) is 31.1 Å². The molecule has 5 nitrogen and oxygen atoms in total. The first-order valence-corrected chi connectivity index (χ1v) is 7.06. The Morgan fingerprint density at radius 1 is 1.05 bits per heavy atom. The molecule has 0 aliphatic rings. The zero-order valence-corrected chi connectivity index (χ0v) is 12.3. The summed E-state index contributed by atoms with van der Waals surface area (Å²) >= 11 is 0. The monoisotopic (exact) mass is 290 g/mol. The van der Waals surface area contributed by atoms with Gasteiger partial charge in [0.05, 0.1) is 5.69 Å². The highest BCUT2D eigenvalue weighted by atomic mass is 16.3. The average Bonchev–Trinajstić information content (AvgIpc) is 3.11. The predicted octanol–water partition coefficient (Wildman–Crippen LogP) is 3.69. The lowest BCUT2D eigenvalue weighted by Crippen LogP contribution is -1.98. The van der Waals surface area contributed by atoms with Gasteiger partial charge in [-0.1, -0.05) is 6.07 Å². The number of fused-ring (bicyclic) bond motifs is 1. The van der Waals surface area contributed by atoms with Crippen LogP contribution >= 0.6 is 0 Å². The van der Waals surface area contributed by atoms with Crippen molar-refractivity contribution in [3.8, 4) is 17.2 Å². The minimum Gasteiger partial charge on any atom is -0.441 e. The van der Waals surface area contributed by atoms with Gasteiger partial charge in [0.25, 0.3) is 0 Å². The maximum Gasteiger partial charge on any atom is 0.192 e. The molecule has 0 aliphatic heterocycles. The third-order valence-corrected chi connectivity index (χ3v) is 3.52. The van der Waals surface area contributed by atoms with E-state index in [0.29, 0.717) is 5.89 Å². The number of aryl methyl sites for hydroxylation is 2. The Morgan fingerprint density at radius 2 is 1.95 bits per heavy atom. The Morgan fingerprint density at radius 3 is 2.82 bits per heavy atom. The lowest BCUT2D eigenvalue weighted by atomic mass is 10.2. The molecule has 0 amide bonds. The van der Waals surface area contributed by atoms with E-state index >= 15 is 0 Å². The minimum absolute atomic E-state index is 0.665. The fraction of sp³-hybridized carbons (Fsp3) is 0.118. The van der Waals surface area contributed by atoms with E-state index < -0.39 is 0 Å². The summed E-state index contributed by atoms with van der Waals surface area (Å²) in [4.78, 5) is 13.3. The van der Waals surface area contributed by atoms with Crippen molar-refractivity contribution >= 4 is 11.1 Å². The van der Waals surface area contributed by atoms with Crippen molar-refractivity contribution in [1.82, 2.24) is 19.5 Å². The smallest absolute Gasteiger partial charge is 0.192 e. The lowest BCUT2D eigenvalue weighted by Gasteiger charge is -2.07. The summed E-state index contributed by atoms with van der Waals surface area (Å²) in [5.41, 5.74) is 4.41. The van der Waals surface area contributed by atoms with E-state index in [4.69, 9.17) is 4.42 Å². The summed E-state index contributed by atoms with van der Waals surface area (Å²) in [6, 6.07) is 11.8. The van der Waals surface area contributed by atoms with Crippen molar-refractivity contribution in [3.63, 3.8) is 0 Å². The molecule has 0 fully saturated rings. The van der Waals surface area contributed by atoms with Crippen molar-refractivity contribution in [2.45, 2.75) is 13.8 Å². The lowest BCUT2D eigenvalue weighted by molar-refractivity contribution is 0.561. The van der Waals surface area contributed by atoms with Gasteiger partial charge in [0.1, 0.15) is 11.2 Å². The predicted molar refractivity (Wildman–Crippen MR) is 83.8 cm³/mol. The number of rotatable bonds is 2. The second-order valence-electron chi connectivity index (χ2n) is 5.17. The first kappa shape index (κ1) is 12.8. The van der Waals surface area contributed by atoms with Crippen molar-refractivity contribution in [2.24, 2.45) is 0 Å². The summed E-state index contributed by atoms with van der Waals surface area (Å²) in [7, 11) is 0. The van der Waals surface area contributed by atoms with E-state index in [2.05, 4.69) is 15.0 Å². The molecule has 5 heteroatoms. The number of benzene rings is 1. The fourth-order valence-corrected chi connectivity index (χ4v) is 2.55. The largest absolute Gasteiger partial charge is 0.441 e. The molecule has 0 aliphatic carbocycles. The van der Waals surface area contributed by atoms with E-state index in [-0.39, 0.29) is 0 Å². The highest BCUT2D eigenvalue weighted by Crippen LogP contribution is 2.23. The highest BCUT2D eigenvalue weighted by Gasteiger charge is 2.11. The van der Waals surface area contributed by atoms with Crippen molar-refractivity contribution in [3.05, 3.63) is 60.4 Å². The van der Waals surface area contributed by atoms with Crippen LogP contribution in [0.4, 0.5) is 0 Å². The summed E-state index contributed by atoms with van der Waals surface area (Å²) in [6.45, 7) is 3.82. The first-order chi connectivity index (χ1) is 10.7. The van der Waals surface area contributed by atoms with Crippen LogP contribution in [0.25, 0.3) is 28.3 Å². The number of oxazole rings is 1. The Kier molecular flexibility index (Phi) is 2.79. The standard InChI is InChI=1S/C17H14N4O/c1-11-4-3-5-15(19-11)17-18-8-9-21(17)13-6-7-14-16(10-13)22-12(2)20-14/h3-10H,1-2H3. The zero-order chi connectivity index (χ0) is 15.1. The van der Waals surface area contributed by atoms with E-state index in [0.717, 1.165) is 34.0 Å². The van der Waals surface area contributed by atoms with Gasteiger partial charge < -0.3 is 4.42 Å². The molecule has 1 aromatic carbocycles. The normalized spacial score (nSPS) is 11.2. The van der Waals surface area contributed by atoms with Crippen LogP contribution in [-0.2, 0) is 0 Å². The molecule has 0 N–H and O–H groups in total. The summed E-state index contributed by atoms with van der Waals surface area (Å²) in [6.07, 6.45) is 3.69. The molecule has 0 atom stereocenters. The number of hydrogen-bond acceptors (Lipinski definition) is 4. The average molecular weight is 290 g/mol. The minimum atomic E-state index is 0.665. The molecule has 4 aromatic rings. The number of hydrogen-bond donors (Lipinski definition) is 0. The van der Waals surface area contributed by atoms with Gasteiger partial charge in [0.2, 0.25) is 0 Å². The van der Waals surface area contributed by atoms with Crippen LogP contribution in [0.1, 0.15) is 11.6 Å². The van der Waals surface area contributed by atoms with Crippen LogP contribution < -0.4 is 0 Å². The Hall–Kier alpha value is -2.95. The van der Waals surface area contributed by atoms with Crippen LogP contribution in [0.2, 0.25) is 0 Å². The SMILES string of the molecule is Cc1cccc(-c2nccn2-c2ccc3nc(C)oc3c2)n1. The molecule has 0 saturated carbocycles. The number of imidazole rings is 1. The molecule has 0 spiro atoms. The van der Waals surface area contributed by atoms with Gasteiger partial charge in [-0.3, -0.25) is 4.57 Å². The van der Waals surface area contributed by atoms with E-state index in [1.165, 1.54) is 0 Å². The summed E-state index contributed by atoms with van der Waals surface area (Å²) < 4.78 is 7.61. The molecule has 4 rings (SSSR count). The summed E-state index contributed by atoms with van der Waals surface area (Å²) in [5.74, 6) is 1.47. The zero-order valence-electron chi connectivity index (χ0n) is 12.3. The van der Waals surface area contributed by atoms with Gasteiger partial charge in [0.15, 0.2) is 17.3 Å². The quantitative estimate of drug-likeness (QED) is 0.565. The molecular formula is C17H14N4O. The van der Waals surface area contributed by atoms with E-state index in [1.807, 2.05) is 61.0 Å². The highest BCUT2D eigenvalue weighted by molar-refractivity contribution is 5.75. The maximum atomic E-state index is 5.61. The number of aromatic nitrogens is 4. The molecule has 0 bridgehead atoms. The molecule has 0 saturated heterocycles. The molecule has 3 aromatic heterocycles. The van der Waals surface area contributed by atoms with Crippen LogP contribution in [0.15, 0.2) is 53.2 Å². The molecule has 0 radical (unpaired) electrons. The van der Waals surface area contributed by atoms with Gasteiger partial charge in [-0.25, -0.2) is 15.0 Å². The first-order valence-electron chi connectivity index (χ1n) is 7.06. The molecule has 0 unspecified atom stereocenters. The van der Waals surface area contributed by atoms with Crippen LogP contribution in [-0.4, -0.2) is 19.5 Å². The van der Waals surface area contributed by atoms with Crippen LogP contribution in [0.3, 0.4) is 0 Å². The van der Waals surface area contributed by atoms with Gasteiger partial charge in [-0.2, -0.15) is 0 Å². The van der Waals surface area contributed by atoms with Crippen molar-refractivity contribution < 1.29 is 4.42 Å². The third-order valence-electron chi connectivity index (χ3n) is 3.52. The number of nitrogens with zero attached hydrogens (tertiary/aromatic N) is 4. The second kappa shape index (κ2) is 4.80. The maximum absolute atomic E-state index is 5.61. The molecular weight excluding hydrogens is 276 g/mol. The third kappa shape index (κ3) is 2.07. The molecule has 22 heavy (non-hydrogen) atoms. The Balaban J connectivity index is 1.87. The van der Waals surface area contributed by atoms with Crippen molar-refractivity contribution in [2.75, 3.05) is 0 Å². The molecule has 108 valence electrons. The van der Waals surface area contributed by atoms with E-state index in [9.17, 15) is 0 Å². The number of pyridine rings is 1. The van der Waals surface area contributed by atoms with E-state index in [1.54, 1.807) is 6.20 Å². The van der Waals surface area contributed by atoms with Crippen LogP contribution in [0.5, 0.6) is 0 Å². The van der Waals surface area contributed by atoms with Crippen LogP contribution in [0, 0.1) is 13.8 Å².